The summed E-state index contributed by atoms with van der Waals surface area (Å²) in [5, 5.41) is 2.84. The molecule has 0 aliphatic carbocycles. The standard InChI is InChI=1S/C19H24N2O4S2/c1-14(15-8-10-17(25-2)11-9-15)20-19(22)13-21(27(4,23)24)16-6-5-7-18(12-16)26-3/h5-12,14H,13H2,1-4H3,(H,20,22)/t14-/m1/s1. The molecule has 2 rings (SSSR count). The lowest BCUT2D eigenvalue weighted by Gasteiger charge is -2.23. The molecular weight excluding hydrogens is 384 g/mol. The average molecular weight is 409 g/mol. The number of hydrogen-bond acceptors (Lipinski definition) is 5. The van der Waals surface area contributed by atoms with E-state index in [0.717, 1.165) is 26.8 Å². The lowest BCUT2D eigenvalue weighted by atomic mass is 10.1. The van der Waals surface area contributed by atoms with Crippen LogP contribution in [-0.4, -0.2) is 40.5 Å². The van der Waals surface area contributed by atoms with Crippen molar-refractivity contribution in [1.82, 2.24) is 5.32 Å². The third-order valence-corrected chi connectivity index (χ3v) is 5.89. The van der Waals surface area contributed by atoms with E-state index < -0.39 is 10.0 Å². The number of carbonyl (C=O) groups excluding carboxylic acids is 1. The molecule has 0 radical (unpaired) electrons. The molecule has 0 saturated carbocycles. The second-order valence-electron chi connectivity index (χ2n) is 6.03. The molecule has 0 fully saturated rings. The van der Waals surface area contributed by atoms with Gasteiger partial charge in [-0.25, -0.2) is 8.42 Å². The fourth-order valence-corrected chi connectivity index (χ4v) is 3.86. The van der Waals surface area contributed by atoms with Gasteiger partial charge in [-0.2, -0.15) is 0 Å². The maximum atomic E-state index is 12.5. The Morgan fingerprint density at radius 1 is 1.22 bits per heavy atom. The first-order valence-corrected chi connectivity index (χ1v) is 11.4. The summed E-state index contributed by atoms with van der Waals surface area (Å²) in [5.74, 6) is 0.354. The molecule has 146 valence electrons. The van der Waals surface area contributed by atoms with Gasteiger partial charge in [-0.05, 0) is 49.1 Å². The Morgan fingerprint density at radius 3 is 2.44 bits per heavy atom. The highest BCUT2D eigenvalue weighted by atomic mass is 32.2. The molecule has 0 aliphatic heterocycles. The van der Waals surface area contributed by atoms with Crippen molar-refractivity contribution in [2.45, 2.75) is 17.9 Å². The van der Waals surface area contributed by atoms with Crippen LogP contribution in [0.5, 0.6) is 5.75 Å². The normalized spacial score (nSPS) is 12.3. The first kappa shape index (κ1) is 21.1. The smallest absolute Gasteiger partial charge is 0.241 e. The first-order valence-electron chi connectivity index (χ1n) is 8.29. The van der Waals surface area contributed by atoms with E-state index in [1.165, 1.54) is 11.8 Å². The number of carbonyl (C=O) groups is 1. The van der Waals surface area contributed by atoms with Gasteiger partial charge >= 0.3 is 0 Å². The highest BCUT2D eigenvalue weighted by Crippen LogP contribution is 2.24. The highest BCUT2D eigenvalue weighted by molar-refractivity contribution is 7.98. The quantitative estimate of drug-likeness (QED) is 0.680. The van der Waals surface area contributed by atoms with E-state index in [9.17, 15) is 13.2 Å². The molecule has 0 aliphatic rings. The van der Waals surface area contributed by atoms with Crippen molar-refractivity contribution in [3.8, 4) is 5.75 Å². The fraction of sp³-hybridized carbons (Fsp3) is 0.316. The van der Waals surface area contributed by atoms with E-state index >= 15 is 0 Å². The second kappa shape index (κ2) is 9.14. The molecule has 1 N–H and O–H groups in total. The van der Waals surface area contributed by atoms with E-state index in [-0.39, 0.29) is 18.5 Å². The van der Waals surface area contributed by atoms with Crippen molar-refractivity contribution < 1.29 is 17.9 Å². The summed E-state index contributed by atoms with van der Waals surface area (Å²) < 4.78 is 30.7. The Labute approximate surface area is 165 Å². The van der Waals surface area contributed by atoms with Gasteiger partial charge in [-0.3, -0.25) is 9.10 Å². The predicted octanol–water partition coefficient (Wildman–Crippen LogP) is 3.06. The van der Waals surface area contributed by atoms with Gasteiger partial charge in [0, 0.05) is 4.90 Å². The van der Waals surface area contributed by atoms with E-state index in [1.54, 1.807) is 25.3 Å². The van der Waals surface area contributed by atoms with Gasteiger partial charge < -0.3 is 10.1 Å². The molecule has 2 aromatic rings. The molecule has 2 aromatic carbocycles. The van der Waals surface area contributed by atoms with Crippen molar-refractivity contribution >= 4 is 33.4 Å². The van der Waals surface area contributed by atoms with E-state index in [1.807, 2.05) is 43.5 Å². The minimum absolute atomic E-state index is 0.262. The maximum Gasteiger partial charge on any atom is 0.241 e. The van der Waals surface area contributed by atoms with Gasteiger partial charge in [-0.1, -0.05) is 18.2 Å². The third-order valence-electron chi connectivity index (χ3n) is 4.02. The van der Waals surface area contributed by atoms with Crippen LogP contribution >= 0.6 is 11.8 Å². The number of rotatable bonds is 8. The van der Waals surface area contributed by atoms with Crippen LogP contribution in [0, 0.1) is 0 Å². The number of sulfonamides is 1. The molecule has 0 bridgehead atoms. The molecule has 0 heterocycles. The minimum Gasteiger partial charge on any atom is -0.497 e. The molecule has 0 saturated heterocycles. The number of methoxy groups -OCH3 is 1. The van der Waals surface area contributed by atoms with Crippen molar-refractivity contribution in [1.29, 1.82) is 0 Å². The van der Waals surface area contributed by atoms with Crippen molar-refractivity contribution in [3.05, 3.63) is 54.1 Å². The summed E-state index contributed by atoms with van der Waals surface area (Å²) >= 11 is 1.51. The SMILES string of the molecule is COc1ccc([C@@H](C)NC(=O)CN(c2cccc(SC)c2)S(C)(=O)=O)cc1. The number of ether oxygens (including phenoxy) is 1. The Hall–Kier alpha value is -2.19. The lowest BCUT2D eigenvalue weighted by Crippen LogP contribution is -2.41. The minimum atomic E-state index is -3.60. The largest absolute Gasteiger partial charge is 0.497 e. The molecule has 8 heteroatoms. The van der Waals surface area contributed by atoms with E-state index in [4.69, 9.17) is 4.74 Å². The summed E-state index contributed by atoms with van der Waals surface area (Å²) in [7, 11) is -2.01. The Kier molecular flexibility index (Phi) is 7.15. The number of benzene rings is 2. The Morgan fingerprint density at radius 2 is 1.89 bits per heavy atom. The zero-order chi connectivity index (χ0) is 20.0. The van der Waals surface area contributed by atoms with Crippen LogP contribution in [0.1, 0.15) is 18.5 Å². The number of amides is 1. The van der Waals surface area contributed by atoms with Gasteiger partial charge in [0.05, 0.1) is 25.1 Å². The summed E-state index contributed by atoms with van der Waals surface area (Å²) in [6, 6.07) is 14.2. The van der Waals surface area contributed by atoms with Crippen molar-refractivity contribution in [2.75, 3.05) is 30.5 Å². The Bertz CT molecular complexity index is 883. The Balaban J connectivity index is 2.13. The van der Waals surface area contributed by atoms with E-state index in [2.05, 4.69) is 5.32 Å². The van der Waals surface area contributed by atoms with Crippen LogP contribution < -0.4 is 14.4 Å². The van der Waals surface area contributed by atoms with Crippen LogP contribution in [0.4, 0.5) is 5.69 Å². The van der Waals surface area contributed by atoms with Crippen LogP contribution in [0.2, 0.25) is 0 Å². The molecule has 0 aromatic heterocycles. The summed E-state index contributed by atoms with van der Waals surface area (Å²) in [6.45, 7) is 1.57. The zero-order valence-corrected chi connectivity index (χ0v) is 17.4. The number of hydrogen-bond donors (Lipinski definition) is 1. The lowest BCUT2D eigenvalue weighted by molar-refractivity contribution is -0.120. The monoisotopic (exact) mass is 408 g/mol. The highest BCUT2D eigenvalue weighted by Gasteiger charge is 2.22. The van der Waals surface area contributed by atoms with Gasteiger partial charge in [0.1, 0.15) is 12.3 Å². The van der Waals surface area contributed by atoms with Crippen LogP contribution in [-0.2, 0) is 14.8 Å². The first-order chi connectivity index (χ1) is 12.7. The molecular formula is C19H24N2O4S2. The van der Waals surface area contributed by atoms with Crippen LogP contribution in [0.3, 0.4) is 0 Å². The second-order valence-corrected chi connectivity index (χ2v) is 8.82. The molecule has 0 spiro atoms. The summed E-state index contributed by atoms with van der Waals surface area (Å²) in [4.78, 5) is 13.4. The topological polar surface area (TPSA) is 75.7 Å². The third kappa shape index (κ3) is 5.90. The molecule has 0 unspecified atom stereocenters. The number of nitrogens with one attached hydrogen (secondary N) is 1. The van der Waals surface area contributed by atoms with Crippen molar-refractivity contribution in [3.63, 3.8) is 0 Å². The number of nitrogens with zero attached hydrogens (tertiary/aromatic N) is 1. The predicted molar refractivity (Wildman–Crippen MR) is 110 cm³/mol. The van der Waals surface area contributed by atoms with Crippen molar-refractivity contribution in [2.24, 2.45) is 0 Å². The number of thioether (sulfide) groups is 1. The summed E-state index contributed by atoms with van der Waals surface area (Å²) in [5.41, 5.74) is 1.37. The van der Waals surface area contributed by atoms with Gasteiger partial charge in [0.25, 0.3) is 0 Å². The van der Waals surface area contributed by atoms with Crippen LogP contribution in [0.25, 0.3) is 0 Å². The number of anilines is 1. The van der Waals surface area contributed by atoms with Gasteiger partial charge in [0.2, 0.25) is 15.9 Å². The van der Waals surface area contributed by atoms with Gasteiger partial charge in [-0.15, -0.1) is 11.8 Å². The summed E-state index contributed by atoms with van der Waals surface area (Å²) in [6.07, 6.45) is 3.01. The molecule has 6 nitrogen and oxygen atoms in total. The average Bonchev–Trinajstić information content (AvgIpc) is 2.65. The molecule has 1 amide bonds. The van der Waals surface area contributed by atoms with Gasteiger partial charge in [0.15, 0.2) is 0 Å². The maximum absolute atomic E-state index is 12.5. The molecule has 1 atom stereocenters. The fourth-order valence-electron chi connectivity index (χ4n) is 2.56. The van der Waals surface area contributed by atoms with E-state index in [0.29, 0.717) is 5.69 Å². The molecule has 27 heavy (non-hydrogen) atoms. The zero-order valence-electron chi connectivity index (χ0n) is 15.8. The van der Waals surface area contributed by atoms with Crippen LogP contribution in [0.15, 0.2) is 53.4 Å².